The summed E-state index contributed by atoms with van der Waals surface area (Å²) in [7, 11) is 0. The maximum Gasteiger partial charge on any atom is 0.319 e. The Bertz CT molecular complexity index is 321. The van der Waals surface area contributed by atoms with Gasteiger partial charge in [-0.25, -0.2) is 0 Å². The van der Waals surface area contributed by atoms with Gasteiger partial charge in [-0.05, 0) is 12.5 Å². The van der Waals surface area contributed by atoms with E-state index in [2.05, 4.69) is 17.6 Å². The van der Waals surface area contributed by atoms with Crippen LogP contribution < -0.4 is 0 Å². The molecule has 0 amide bonds. The number of aliphatic carboxylic acids is 1. The topological polar surface area (TPSA) is 37.3 Å². The maximum atomic E-state index is 10.9. The fourth-order valence-corrected chi connectivity index (χ4v) is 1.20. The van der Waals surface area contributed by atoms with Crippen molar-refractivity contribution in [2.75, 3.05) is 0 Å². The van der Waals surface area contributed by atoms with Crippen LogP contribution in [-0.4, -0.2) is 16.4 Å². The molecule has 0 fully saturated rings. The third kappa shape index (κ3) is 1.75. The molecule has 0 aromatic heterocycles. The number of carbonyl (C=O) groups is 1. The van der Waals surface area contributed by atoms with Gasteiger partial charge in [-0.15, -0.1) is 0 Å². The molecule has 1 aromatic carbocycles. The van der Waals surface area contributed by atoms with Crippen molar-refractivity contribution in [2.24, 2.45) is 0 Å². The van der Waals surface area contributed by atoms with E-state index in [4.69, 9.17) is 5.11 Å². The van der Waals surface area contributed by atoms with Crippen molar-refractivity contribution in [1.82, 2.24) is 0 Å². The van der Waals surface area contributed by atoms with E-state index >= 15 is 0 Å². The first kappa shape index (κ1) is 9.86. The van der Waals surface area contributed by atoms with Gasteiger partial charge in [0.05, 0.1) is 5.37 Å². The SMILES string of the molecule is CC([C]=S)(C(=O)O)c1ccccc1. The van der Waals surface area contributed by atoms with Crippen molar-refractivity contribution in [1.29, 1.82) is 0 Å². The molecule has 1 N–H and O–H groups in total. The van der Waals surface area contributed by atoms with Gasteiger partial charge in [0.1, 0.15) is 5.41 Å². The van der Waals surface area contributed by atoms with Crippen molar-refractivity contribution in [3.8, 4) is 0 Å². The highest BCUT2D eigenvalue weighted by molar-refractivity contribution is 7.79. The molecule has 2 nitrogen and oxygen atoms in total. The van der Waals surface area contributed by atoms with Crippen molar-refractivity contribution in [2.45, 2.75) is 12.3 Å². The Morgan fingerprint density at radius 2 is 2.00 bits per heavy atom. The van der Waals surface area contributed by atoms with Crippen LogP contribution in [0, 0.1) is 0 Å². The number of hydrogen-bond donors (Lipinski definition) is 1. The van der Waals surface area contributed by atoms with E-state index in [0.29, 0.717) is 5.56 Å². The molecule has 1 unspecified atom stereocenters. The van der Waals surface area contributed by atoms with E-state index in [-0.39, 0.29) is 0 Å². The summed E-state index contributed by atoms with van der Waals surface area (Å²) in [5.74, 6) is -0.978. The molecule has 0 aliphatic heterocycles. The van der Waals surface area contributed by atoms with Gasteiger partial charge in [-0.3, -0.25) is 4.79 Å². The van der Waals surface area contributed by atoms with E-state index in [9.17, 15) is 4.79 Å². The summed E-state index contributed by atoms with van der Waals surface area (Å²) in [5, 5.41) is 11.3. The minimum Gasteiger partial charge on any atom is -0.480 e. The average Bonchev–Trinajstić information content (AvgIpc) is 2.17. The monoisotopic (exact) mass is 193 g/mol. The van der Waals surface area contributed by atoms with Crippen LogP contribution in [0.3, 0.4) is 0 Å². The van der Waals surface area contributed by atoms with E-state index in [1.54, 1.807) is 24.3 Å². The Morgan fingerprint density at radius 3 is 2.38 bits per heavy atom. The first-order valence-electron chi connectivity index (χ1n) is 3.79. The quantitative estimate of drug-likeness (QED) is 0.745. The van der Waals surface area contributed by atoms with Gasteiger partial charge in [0, 0.05) is 0 Å². The van der Waals surface area contributed by atoms with Crippen LogP contribution in [-0.2, 0) is 10.2 Å². The zero-order chi connectivity index (χ0) is 9.90. The van der Waals surface area contributed by atoms with E-state index < -0.39 is 11.4 Å². The second-order valence-electron chi connectivity index (χ2n) is 2.90. The van der Waals surface area contributed by atoms with Crippen LogP contribution in [0.2, 0.25) is 0 Å². The molecule has 1 rings (SSSR count). The largest absolute Gasteiger partial charge is 0.480 e. The Hall–Kier alpha value is -1.22. The van der Waals surface area contributed by atoms with Crippen molar-refractivity contribution >= 4 is 23.6 Å². The summed E-state index contributed by atoms with van der Waals surface area (Å²) in [4.78, 5) is 10.9. The Balaban J connectivity index is 3.18. The lowest BCUT2D eigenvalue weighted by atomic mass is 9.85. The first-order chi connectivity index (χ1) is 6.11. The lowest BCUT2D eigenvalue weighted by Crippen LogP contribution is -2.33. The van der Waals surface area contributed by atoms with Gasteiger partial charge in [0.15, 0.2) is 0 Å². The molecule has 0 heterocycles. The molecule has 13 heavy (non-hydrogen) atoms. The van der Waals surface area contributed by atoms with E-state index in [0.717, 1.165) is 0 Å². The van der Waals surface area contributed by atoms with E-state index in [1.807, 2.05) is 6.07 Å². The molecular formula is C10H9O2S. The number of hydrogen-bond acceptors (Lipinski definition) is 2. The average molecular weight is 193 g/mol. The highest BCUT2D eigenvalue weighted by atomic mass is 32.1. The van der Waals surface area contributed by atoms with Gasteiger partial charge in [0.25, 0.3) is 0 Å². The highest BCUT2D eigenvalue weighted by Crippen LogP contribution is 2.21. The molecule has 1 aromatic rings. The fraction of sp³-hybridized carbons (Fsp3) is 0.200. The number of carboxylic acids is 1. The molecule has 0 aliphatic carbocycles. The van der Waals surface area contributed by atoms with Crippen LogP contribution in [0.1, 0.15) is 12.5 Å². The molecule has 67 valence electrons. The Morgan fingerprint density at radius 1 is 1.46 bits per heavy atom. The standard InChI is InChI=1S/C10H9O2S/c1-10(7-13,9(11)12)8-5-3-2-4-6-8/h2-6H,1H3,(H,11,12). The molecule has 3 heteroatoms. The molecular weight excluding hydrogens is 184 g/mol. The van der Waals surface area contributed by atoms with E-state index in [1.165, 1.54) is 6.92 Å². The smallest absolute Gasteiger partial charge is 0.319 e. The normalized spacial score (nSPS) is 14.5. The molecule has 0 spiro atoms. The number of carboxylic acid groups (broad SMARTS) is 1. The van der Waals surface area contributed by atoms with Crippen LogP contribution in [0.4, 0.5) is 0 Å². The minimum atomic E-state index is -1.18. The molecule has 0 bridgehead atoms. The molecule has 0 aliphatic rings. The number of thiocarbonyl (C=S) groups is 1. The number of benzene rings is 1. The van der Waals surface area contributed by atoms with Gasteiger partial charge >= 0.3 is 5.97 Å². The fourth-order valence-electron chi connectivity index (χ4n) is 0.998. The zero-order valence-electron chi connectivity index (χ0n) is 7.15. The third-order valence-corrected chi connectivity index (χ3v) is 2.39. The predicted molar refractivity (Wildman–Crippen MR) is 54.0 cm³/mol. The molecule has 1 atom stereocenters. The van der Waals surface area contributed by atoms with Crippen LogP contribution in [0.15, 0.2) is 30.3 Å². The van der Waals surface area contributed by atoms with Gasteiger partial charge in [-0.2, -0.15) is 0 Å². The summed E-state index contributed by atoms with van der Waals surface area (Å²) in [6, 6.07) is 8.85. The summed E-state index contributed by atoms with van der Waals surface area (Å²) in [6.45, 7) is 1.54. The molecule has 0 saturated carbocycles. The van der Waals surface area contributed by atoms with Gasteiger partial charge < -0.3 is 5.11 Å². The van der Waals surface area contributed by atoms with Crippen LogP contribution in [0.25, 0.3) is 0 Å². The van der Waals surface area contributed by atoms with Crippen molar-refractivity contribution < 1.29 is 9.90 Å². The lowest BCUT2D eigenvalue weighted by Gasteiger charge is -2.18. The van der Waals surface area contributed by atoms with Crippen molar-refractivity contribution in [3.05, 3.63) is 35.9 Å². The first-order valence-corrected chi connectivity index (χ1v) is 4.20. The summed E-state index contributed by atoms with van der Waals surface area (Å²) in [6.07, 6.45) is 0. The predicted octanol–water partition coefficient (Wildman–Crippen LogP) is 1.91. The molecule has 0 saturated heterocycles. The Kier molecular flexibility index (Phi) is 2.78. The van der Waals surface area contributed by atoms with Crippen molar-refractivity contribution in [3.63, 3.8) is 0 Å². The second-order valence-corrected chi connectivity index (χ2v) is 3.10. The van der Waals surface area contributed by atoms with Crippen LogP contribution in [0.5, 0.6) is 0 Å². The van der Waals surface area contributed by atoms with Crippen LogP contribution >= 0.6 is 12.2 Å². The molecule has 1 radical (unpaired) electrons. The highest BCUT2D eigenvalue weighted by Gasteiger charge is 2.32. The number of rotatable bonds is 3. The maximum absolute atomic E-state index is 10.9. The summed E-state index contributed by atoms with van der Waals surface area (Å²) < 4.78 is 0. The Labute approximate surface area is 82.2 Å². The third-order valence-electron chi connectivity index (χ3n) is 1.98. The lowest BCUT2D eigenvalue weighted by molar-refractivity contribution is -0.140. The summed E-state index contributed by atoms with van der Waals surface area (Å²) >= 11 is 4.61. The van der Waals surface area contributed by atoms with Gasteiger partial charge in [-0.1, -0.05) is 42.5 Å². The minimum absolute atomic E-state index is 0.650. The zero-order valence-corrected chi connectivity index (χ0v) is 7.97. The van der Waals surface area contributed by atoms with Gasteiger partial charge in [0.2, 0.25) is 0 Å². The second kappa shape index (κ2) is 3.66. The summed E-state index contributed by atoms with van der Waals surface area (Å²) in [5.41, 5.74) is -0.533.